The monoisotopic (exact) mass is 212 g/mol. The smallest absolute Gasteiger partial charge is 0.338 e. The van der Waals surface area contributed by atoms with Crippen LogP contribution in [0.5, 0.6) is 0 Å². The average molecular weight is 212 g/mol. The molecule has 0 aliphatic carbocycles. The lowest BCUT2D eigenvalue weighted by Crippen LogP contribution is -2.03. The number of nitrogens with zero attached hydrogens (tertiary/aromatic N) is 2. The molecular weight excluding hydrogens is 204 g/mol. The van der Waals surface area contributed by atoms with Crippen LogP contribution in [0.1, 0.15) is 16.1 Å². The predicted molar refractivity (Wildman–Crippen MR) is 57.8 cm³/mol. The summed E-state index contributed by atoms with van der Waals surface area (Å²) in [5.74, 6) is -0.463. The van der Waals surface area contributed by atoms with E-state index in [0.717, 1.165) is 0 Å². The first-order valence-corrected chi connectivity index (χ1v) is 4.64. The van der Waals surface area contributed by atoms with Crippen LogP contribution in [0.25, 0.3) is 10.9 Å². The second-order valence-electron chi connectivity index (χ2n) is 3.18. The standard InChI is InChI=1S/C12H8N2O2/c1-16-12(15)10-6-8(7-13)14-11-5-3-2-4-9(10)11/h2-6H,1H3. The highest BCUT2D eigenvalue weighted by atomic mass is 16.5. The molecule has 0 amide bonds. The van der Waals surface area contributed by atoms with Crippen LogP contribution in [-0.2, 0) is 4.74 Å². The molecule has 0 unspecified atom stereocenters. The second-order valence-corrected chi connectivity index (χ2v) is 3.18. The third-order valence-electron chi connectivity index (χ3n) is 2.24. The fraction of sp³-hybridized carbons (Fsp3) is 0.0833. The van der Waals surface area contributed by atoms with Gasteiger partial charge in [-0.1, -0.05) is 18.2 Å². The van der Waals surface area contributed by atoms with E-state index in [-0.39, 0.29) is 5.69 Å². The first-order chi connectivity index (χ1) is 7.76. The number of methoxy groups -OCH3 is 1. The molecule has 1 aromatic heterocycles. The quantitative estimate of drug-likeness (QED) is 0.677. The van der Waals surface area contributed by atoms with Crippen LogP contribution in [0.4, 0.5) is 0 Å². The molecule has 0 atom stereocenters. The number of ether oxygens (including phenoxy) is 1. The van der Waals surface area contributed by atoms with Crippen LogP contribution < -0.4 is 0 Å². The van der Waals surface area contributed by atoms with Crippen molar-refractivity contribution in [2.45, 2.75) is 0 Å². The van der Waals surface area contributed by atoms with Crippen LogP contribution >= 0.6 is 0 Å². The molecule has 0 aliphatic heterocycles. The number of hydrogen-bond donors (Lipinski definition) is 0. The number of carbonyl (C=O) groups excluding carboxylic acids is 1. The Morgan fingerprint density at radius 3 is 2.88 bits per heavy atom. The normalized spacial score (nSPS) is 9.75. The van der Waals surface area contributed by atoms with Gasteiger partial charge in [0.05, 0.1) is 18.2 Å². The van der Waals surface area contributed by atoms with Gasteiger partial charge in [-0.3, -0.25) is 0 Å². The van der Waals surface area contributed by atoms with Gasteiger partial charge in [0.15, 0.2) is 0 Å². The Balaban J connectivity index is 2.79. The molecule has 16 heavy (non-hydrogen) atoms. The highest BCUT2D eigenvalue weighted by Crippen LogP contribution is 2.18. The molecule has 0 spiro atoms. The number of carbonyl (C=O) groups is 1. The number of esters is 1. The summed E-state index contributed by atoms with van der Waals surface area (Å²) in [5, 5.41) is 9.50. The molecule has 0 saturated heterocycles. The van der Waals surface area contributed by atoms with Crippen LogP contribution in [-0.4, -0.2) is 18.1 Å². The van der Waals surface area contributed by atoms with E-state index in [1.807, 2.05) is 12.1 Å². The van der Waals surface area contributed by atoms with Crippen molar-refractivity contribution in [3.8, 4) is 6.07 Å². The zero-order valence-corrected chi connectivity index (χ0v) is 8.60. The molecule has 0 saturated carbocycles. The number of pyridine rings is 1. The van der Waals surface area contributed by atoms with Gasteiger partial charge in [0.2, 0.25) is 0 Å². The number of para-hydroxylation sites is 1. The molecule has 0 bridgehead atoms. The molecule has 0 fully saturated rings. The fourth-order valence-corrected chi connectivity index (χ4v) is 1.51. The van der Waals surface area contributed by atoms with Gasteiger partial charge in [-0.2, -0.15) is 5.26 Å². The van der Waals surface area contributed by atoms with Gasteiger partial charge in [-0.15, -0.1) is 0 Å². The molecule has 4 nitrogen and oxygen atoms in total. The van der Waals surface area contributed by atoms with Crippen molar-refractivity contribution < 1.29 is 9.53 Å². The van der Waals surface area contributed by atoms with Gasteiger partial charge in [-0.05, 0) is 12.1 Å². The van der Waals surface area contributed by atoms with Crippen LogP contribution in [0.3, 0.4) is 0 Å². The molecular formula is C12H8N2O2. The van der Waals surface area contributed by atoms with E-state index in [1.54, 1.807) is 18.2 Å². The van der Waals surface area contributed by atoms with Gasteiger partial charge < -0.3 is 4.74 Å². The van der Waals surface area contributed by atoms with Crippen molar-refractivity contribution in [3.63, 3.8) is 0 Å². The van der Waals surface area contributed by atoms with E-state index in [2.05, 4.69) is 9.72 Å². The number of fused-ring (bicyclic) bond motifs is 1. The number of hydrogen-bond acceptors (Lipinski definition) is 4. The Morgan fingerprint density at radius 2 is 2.19 bits per heavy atom. The van der Waals surface area contributed by atoms with Crippen molar-refractivity contribution in [2.24, 2.45) is 0 Å². The molecule has 0 aliphatic rings. The number of aromatic nitrogens is 1. The van der Waals surface area contributed by atoms with Crippen molar-refractivity contribution in [2.75, 3.05) is 7.11 Å². The van der Waals surface area contributed by atoms with E-state index in [9.17, 15) is 4.79 Å². The molecule has 1 heterocycles. The molecule has 1 aromatic carbocycles. The first kappa shape index (κ1) is 10.1. The molecule has 0 N–H and O–H groups in total. The predicted octanol–water partition coefficient (Wildman–Crippen LogP) is 1.89. The van der Waals surface area contributed by atoms with E-state index in [4.69, 9.17) is 5.26 Å². The maximum absolute atomic E-state index is 11.5. The third kappa shape index (κ3) is 1.59. The zero-order valence-electron chi connectivity index (χ0n) is 8.60. The lowest BCUT2D eigenvalue weighted by atomic mass is 10.1. The van der Waals surface area contributed by atoms with E-state index < -0.39 is 5.97 Å². The lowest BCUT2D eigenvalue weighted by molar-refractivity contribution is 0.0603. The molecule has 4 heteroatoms. The van der Waals surface area contributed by atoms with Crippen LogP contribution in [0.2, 0.25) is 0 Å². The highest BCUT2D eigenvalue weighted by Gasteiger charge is 2.12. The minimum Gasteiger partial charge on any atom is -0.465 e. The summed E-state index contributed by atoms with van der Waals surface area (Å²) in [6.45, 7) is 0. The highest BCUT2D eigenvalue weighted by molar-refractivity contribution is 6.03. The van der Waals surface area contributed by atoms with Crippen molar-refractivity contribution in [3.05, 3.63) is 41.6 Å². The van der Waals surface area contributed by atoms with Crippen molar-refractivity contribution >= 4 is 16.9 Å². The number of benzene rings is 1. The Kier molecular flexibility index (Phi) is 2.52. The van der Waals surface area contributed by atoms with Gasteiger partial charge in [0, 0.05) is 5.39 Å². The second kappa shape index (κ2) is 3.99. The van der Waals surface area contributed by atoms with Gasteiger partial charge >= 0.3 is 5.97 Å². The molecule has 2 rings (SSSR count). The maximum Gasteiger partial charge on any atom is 0.338 e. The van der Waals surface area contributed by atoms with E-state index in [1.165, 1.54) is 13.2 Å². The van der Waals surface area contributed by atoms with Crippen LogP contribution in [0.15, 0.2) is 30.3 Å². The molecule has 0 radical (unpaired) electrons. The molecule has 2 aromatic rings. The third-order valence-corrected chi connectivity index (χ3v) is 2.24. The summed E-state index contributed by atoms with van der Waals surface area (Å²) >= 11 is 0. The van der Waals surface area contributed by atoms with Crippen molar-refractivity contribution in [1.29, 1.82) is 5.26 Å². The Hall–Kier alpha value is -2.41. The van der Waals surface area contributed by atoms with Gasteiger partial charge in [0.25, 0.3) is 0 Å². The van der Waals surface area contributed by atoms with Gasteiger partial charge in [-0.25, -0.2) is 9.78 Å². The average Bonchev–Trinajstić information content (AvgIpc) is 2.36. The number of nitriles is 1. The number of rotatable bonds is 1. The van der Waals surface area contributed by atoms with E-state index in [0.29, 0.717) is 16.5 Å². The topological polar surface area (TPSA) is 63.0 Å². The Morgan fingerprint density at radius 1 is 1.44 bits per heavy atom. The lowest BCUT2D eigenvalue weighted by Gasteiger charge is -2.04. The minimum atomic E-state index is -0.463. The minimum absolute atomic E-state index is 0.208. The summed E-state index contributed by atoms with van der Waals surface area (Å²) in [7, 11) is 1.31. The summed E-state index contributed by atoms with van der Waals surface area (Å²) in [5.41, 5.74) is 1.19. The summed E-state index contributed by atoms with van der Waals surface area (Å²) in [6, 6.07) is 10.5. The largest absolute Gasteiger partial charge is 0.465 e. The zero-order chi connectivity index (χ0) is 11.5. The van der Waals surface area contributed by atoms with E-state index >= 15 is 0 Å². The summed E-state index contributed by atoms with van der Waals surface area (Å²) in [4.78, 5) is 15.6. The van der Waals surface area contributed by atoms with Crippen molar-refractivity contribution in [1.82, 2.24) is 4.98 Å². The van der Waals surface area contributed by atoms with Crippen LogP contribution in [0, 0.1) is 11.3 Å². The Labute approximate surface area is 92.1 Å². The first-order valence-electron chi connectivity index (χ1n) is 4.64. The fourth-order valence-electron chi connectivity index (χ4n) is 1.51. The summed E-state index contributed by atoms with van der Waals surface area (Å²) < 4.78 is 4.67. The SMILES string of the molecule is COC(=O)c1cc(C#N)nc2ccccc12. The maximum atomic E-state index is 11.5. The molecule has 78 valence electrons. The summed E-state index contributed by atoms with van der Waals surface area (Å²) in [6.07, 6.45) is 0. The van der Waals surface area contributed by atoms with Gasteiger partial charge in [0.1, 0.15) is 11.8 Å². The Bertz CT molecular complexity index is 599.